The molecule has 2 aromatic carbocycles. The maximum Gasteiger partial charge on any atom is 0.416 e. The molecule has 0 spiro atoms. The molecule has 0 saturated heterocycles. The van der Waals surface area contributed by atoms with Crippen molar-refractivity contribution in [3.8, 4) is 17.2 Å². The van der Waals surface area contributed by atoms with Crippen LogP contribution in [0.4, 0.5) is 18.3 Å². The number of hydrogen-bond acceptors (Lipinski definition) is 6. The predicted molar refractivity (Wildman–Crippen MR) is 123 cm³/mol. The van der Waals surface area contributed by atoms with Gasteiger partial charge in [0.15, 0.2) is 11.5 Å². The molecule has 0 radical (unpaired) electrons. The minimum atomic E-state index is -4.47. The van der Waals surface area contributed by atoms with Gasteiger partial charge in [0.05, 0.1) is 16.9 Å². The molecular formula is C23H21F3N6OS. The molecular weight excluding hydrogens is 465 g/mol. The van der Waals surface area contributed by atoms with Gasteiger partial charge in [-0.2, -0.15) is 22.5 Å². The first-order valence-corrected chi connectivity index (χ1v) is 11.1. The standard InChI is InChI=1S/C23H21F3N6OS/c1-13-18(29-31-32(13)17-7-5-6-16(12-17)23(24,25)26)19-27-21(34-30-19)28-20(33)14-8-10-15(11-9-14)22(2,3)4/h5-12H,1-4H3,(H,27,28,30,33). The Bertz CT molecular complexity index is 1340. The van der Waals surface area contributed by atoms with Crippen molar-refractivity contribution >= 4 is 22.6 Å². The van der Waals surface area contributed by atoms with E-state index < -0.39 is 11.7 Å². The largest absolute Gasteiger partial charge is 0.416 e. The Balaban J connectivity index is 1.53. The summed E-state index contributed by atoms with van der Waals surface area (Å²) in [6.45, 7) is 7.94. The average molecular weight is 487 g/mol. The maximum atomic E-state index is 13.1. The van der Waals surface area contributed by atoms with Crippen molar-refractivity contribution in [1.29, 1.82) is 0 Å². The van der Waals surface area contributed by atoms with Crippen LogP contribution in [0.1, 0.15) is 48.0 Å². The molecule has 0 bridgehead atoms. The quantitative estimate of drug-likeness (QED) is 0.402. The van der Waals surface area contributed by atoms with Crippen LogP contribution in [-0.4, -0.2) is 30.3 Å². The van der Waals surface area contributed by atoms with Crippen molar-refractivity contribution in [2.45, 2.75) is 39.3 Å². The van der Waals surface area contributed by atoms with Crippen LogP contribution < -0.4 is 5.32 Å². The Labute approximate surface area is 197 Å². The van der Waals surface area contributed by atoms with Gasteiger partial charge < -0.3 is 0 Å². The number of amides is 1. The third-order valence-electron chi connectivity index (χ3n) is 5.18. The monoisotopic (exact) mass is 486 g/mol. The van der Waals surface area contributed by atoms with Gasteiger partial charge in [-0.3, -0.25) is 10.1 Å². The summed E-state index contributed by atoms with van der Waals surface area (Å²) in [6, 6.07) is 12.1. The first-order valence-electron chi connectivity index (χ1n) is 10.3. The van der Waals surface area contributed by atoms with E-state index in [9.17, 15) is 18.0 Å². The highest BCUT2D eigenvalue weighted by Gasteiger charge is 2.31. The van der Waals surface area contributed by atoms with E-state index in [1.54, 1.807) is 19.1 Å². The fourth-order valence-electron chi connectivity index (χ4n) is 3.26. The molecule has 1 amide bonds. The molecule has 0 atom stereocenters. The van der Waals surface area contributed by atoms with E-state index in [1.807, 2.05) is 12.1 Å². The third-order valence-corrected chi connectivity index (χ3v) is 5.81. The summed E-state index contributed by atoms with van der Waals surface area (Å²) < 4.78 is 44.7. The zero-order chi connectivity index (χ0) is 24.7. The lowest BCUT2D eigenvalue weighted by Crippen LogP contribution is -2.14. The Morgan fingerprint density at radius 3 is 2.38 bits per heavy atom. The molecule has 176 valence electrons. The van der Waals surface area contributed by atoms with Crippen molar-refractivity contribution in [1.82, 2.24) is 24.4 Å². The molecule has 7 nitrogen and oxygen atoms in total. The lowest BCUT2D eigenvalue weighted by Gasteiger charge is -2.18. The van der Waals surface area contributed by atoms with E-state index in [1.165, 1.54) is 16.8 Å². The van der Waals surface area contributed by atoms with Crippen LogP contribution in [0, 0.1) is 6.92 Å². The Kier molecular flexibility index (Phi) is 5.98. The first kappa shape index (κ1) is 23.6. The number of carbonyl (C=O) groups excluding carboxylic acids is 1. The number of rotatable bonds is 4. The second-order valence-electron chi connectivity index (χ2n) is 8.69. The van der Waals surface area contributed by atoms with Gasteiger partial charge in [-0.05, 0) is 48.2 Å². The molecule has 0 aliphatic rings. The zero-order valence-corrected chi connectivity index (χ0v) is 19.6. The fraction of sp³-hybridized carbons (Fsp3) is 0.261. The van der Waals surface area contributed by atoms with E-state index >= 15 is 0 Å². The van der Waals surface area contributed by atoms with Crippen molar-refractivity contribution in [3.05, 3.63) is 70.9 Å². The number of nitrogens with zero attached hydrogens (tertiary/aromatic N) is 5. The molecule has 11 heteroatoms. The molecule has 34 heavy (non-hydrogen) atoms. The predicted octanol–water partition coefficient (Wildman–Crippen LogP) is 5.66. The van der Waals surface area contributed by atoms with Crippen molar-refractivity contribution in [2.75, 3.05) is 5.32 Å². The van der Waals surface area contributed by atoms with Crippen LogP contribution >= 0.6 is 11.5 Å². The second-order valence-corrected chi connectivity index (χ2v) is 9.44. The minimum Gasteiger partial charge on any atom is -0.297 e. The van der Waals surface area contributed by atoms with Gasteiger partial charge in [-0.25, -0.2) is 4.68 Å². The van der Waals surface area contributed by atoms with E-state index in [2.05, 4.69) is 45.8 Å². The number of halogens is 3. The molecule has 0 saturated carbocycles. The van der Waals surface area contributed by atoms with Crippen LogP contribution in [0.3, 0.4) is 0 Å². The van der Waals surface area contributed by atoms with Gasteiger partial charge in [0.25, 0.3) is 5.91 Å². The lowest BCUT2D eigenvalue weighted by atomic mass is 9.87. The van der Waals surface area contributed by atoms with Crippen LogP contribution in [0.5, 0.6) is 0 Å². The topological polar surface area (TPSA) is 85.6 Å². The molecule has 0 fully saturated rings. The Morgan fingerprint density at radius 1 is 1.03 bits per heavy atom. The fourth-order valence-corrected chi connectivity index (χ4v) is 3.82. The molecule has 1 N–H and O–H groups in total. The second kappa shape index (κ2) is 8.64. The third kappa shape index (κ3) is 4.84. The number of aromatic nitrogens is 5. The van der Waals surface area contributed by atoms with Crippen LogP contribution in [0.2, 0.25) is 0 Å². The summed E-state index contributed by atoms with van der Waals surface area (Å²) in [6.07, 6.45) is -4.47. The highest BCUT2D eigenvalue weighted by atomic mass is 32.1. The Morgan fingerprint density at radius 2 is 1.74 bits per heavy atom. The van der Waals surface area contributed by atoms with Gasteiger partial charge in [0, 0.05) is 17.1 Å². The van der Waals surface area contributed by atoms with E-state index in [4.69, 9.17) is 0 Å². The minimum absolute atomic E-state index is 0.0213. The van der Waals surface area contributed by atoms with Gasteiger partial charge in [-0.15, -0.1) is 5.10 Å². The number of nitrogens with one attached hydrogen (secondary N) is 1. The smallest absolute Gasteiger partial charge is 0.297 e. The normalized spacial score (nSPS) is 12.1. The average Bonchev–Trinajstić information content (AvgIpc) is 3.39. The molecule has 2 aromatic heterocycles. The molecule has 0 unspecified atom stereocenters. The van der Waals surface area contributed by atoms with Gasteiger partial charge >= 0.3 is 6.18 Å². The highest BCUT2D eigenvalue weighted by Crippen LogP contribution is 2.31. The zero-order valence-electron chi connectivity index (χ0n) is 18.8. The van der Waals surface area contributed by atoms with E-state index in [0.29, 0.717) is 17.0 Å². The lowest BCUT2D eigenvalue weighted by molar-refractivity contribution is -0.137. The molecule has 0 aliphatic heterocycles. The number of anilines is 1. The first-order chi connectivity index (χ1) is 15.9. The molecule has 4 rings (SSSR count). The summed E-state index contributed by atoms with van der Waals surface area (Å²) >= 11 is 0.976. The summed E-state index contributed by atoms with van der Waals surface area (Å²) in [5.41, 5.74) is 1.78. The van der Waals surface area contributed by atoms with Crippen LogP contribution in [0.25, 0.3) is 17.2 Å². The highest BCUT2D eigenvalue weighted by molar-refractivity contribution is 7.10. The molecule has 2 heterocycles. The van der Waals surface area contributed by atoms with Gasteiger partial charge in [-0.1, -0.05) is 44.2 Å². The summed E-state index contributed by atoms with van der Waals surface area (Å²) in [4.78, 5) is 16.9. The van der Waals surface area contributed by atoms with Crippen LogP contribution in [-0.2, 0) is 11.6 Å². The molecule has 0 aliphatic carbocycles. The van der Waals surface area contributed by atoms with Crippen molar-refractivity contribution in [3.63, 3.8) is 0 Å². The Hall–Kier alpha value is -3.60. The van der Waals surface area contributed by atoms with Gasteiger partial charge in [0.1, 0.15) is 0 Å². The van der Waals surface area contributed by atoms with Crippen molar-refractivity contribution < 1.29 is 18.0 Å². The number of carbonyl (C=O) groups is 1. The van der Waals surface area contributed by atoms with E-state index in [-0.39, 0.29) is 28.0 Å². The number of alkyl halides is 3. The maximum absolute atomic E-state index is 13.1. The van der Waals surface area contributed by atoms with E-state index in [0.717, 1.165) is 29.2 Å². The number of benzene rings is 2. The summed E-state index contributed by atoms with van der Waals surface area (Å²) in [5, 5.41) is 11.0. The number of hydrogen-bond donors (Lipinski definition) is 1. The molecule has 4 aromatic rings. The van der Waals surface area contributed by atoms with Crippen LogP contribution in [0.15, 0.2) is 48.5 Å². The van der Waals surface area contributed by atoms with Crippen molar-refractivity contribution in [2.24, 2.45) is 0 Å². The SMILES string of the molecule is Cc1c(-c2nsc(NC(=O)c3ccc(C(C)(C)C)cc3)n2)nnn1-c1cccc(C(F)(F)F)c1. The summed E-state index contributed by atoms with van der Waals surface area (Å²) in [7, 11) is 0. The van der Waals surface area contributed by atoms with Gasteiger partial charge in [0.2, 0.25) is 5.13 Å². The summed E-state index contributed by atoms with van der Waals surface area (Å²) in [5.74, 6) is -0.105.